The van der Waals surface area contributed by atoms with E-state index in [0.717, 1.165) is 29.9 Å². The highest BCUT2D eigenvalue weighted by molar-refractivity contribution is 5.54. The Balaban J connectivity index is 0.000000918. The molecule has 2 rings (SSSR count). The Bertz CT molecular complexity index is 600. The van der Waals surface area contributed by atoms with Gasteiger partial charge in [-0.1, -0.05) is 38.5 Å². The van der Waals surface area contributed by atoms with E-state index in [1.165, 1.54) is 6.42 Å². The molecule has 0 radical (unpaired) electrons. The highest BCUT2D eigenvalue weighted by Crippen LogP contribution is 2.27. The molecular formula is C19H32N4O3. The number of hydrogen-bond acceptors (Lipinski definition) is 5. The molecule has 0 spiro atoms. The van der Waals surface area contributed by atoms with E-state index in [1.54, 1.807) is 0 Å². The van der Waals surface area contributed by atoms with Gasteiger partial charge in [0.1, 0.15) is 5.82 Å². The van der Waals surface area contributed by atoms with Gasteiger partial charge in [-0.05, 0) is 31.9 Å². The second-order valence-electron chi connectivity index (χ2n) is 5.40. The zero-order valence-electron chi connectivity index (χ0n) is 16.2. The number of nitrogens with zero attached hydrogens (tertiary/aromatic N) is 2. The lowest BCUT2D eigenvalue weighted by atomic mass is 10.3. The molecule has 1 amide bonds. The van der Waals surface area contributed by atoms with Crippen LogP contribution in [0.5, 0.6) is 5.88 Å². The van der Waals surface area contributed by atoms with E-state index in [9.17, 15) is 0 Å². The lowest BCUT2D eigenvalue weighted by molar-refractivity contribution is -0.106. The van der Waals surface area contributed by atoms with Crippen molar-refractivity contribution in [2.75, 3.05) is 25.6 Å². The van der Waals surface area contributed by atoms with Crippen LogP contribution in [0.3, 0.4) is 0 Å². The van der Waals surface area contributed by atoms with Crippen LogP contribution in [0.1, 0.15) is 38.7 Å². The SMILES string of the molecule is CCC.CNc1c(C)c(OCCCCO)nn1-c1ccccc1.NC=O. The quantitative estimate of drug-likeness (QED) is 0.518. The van der Waals surface area contributed by atoms with Crippen molar-refractivity contribution < 1.29 is 14.6 Å². The number of para-hydroxylation sites is 1. The van der Waals surface area contributed by atoms with Crippen LogP contribution in [-0.2, 0) is 4.79 Å². The average Bonchev–Trinajstić information content (AvgIpc) is 2.97. The van der Waals surface area contributed by atoms with Crippen LogP contribution in [0.2, 0.25) is 0 Å². The third-order valence-corrected chi connectivity index (χ3v) is 3.11. The molecule has 0 atom stereocenters. The summed E-state index contributed by atoms with van der Waals surface area (Å²) in [4.78, 5) is 8.58. The lowest BCUT2D eigenvalue weighted by Gasteiger charge is -2.06. The van der Waals surface area contributed by atoms with Crippen LogP contribution in [0.4, 0.5) is 5.82 Å². The maximum Gasteiger partial charge on any atom is 0.238 e. The monoisotopic (exact) mass is 364 g/mol. The van der Waals surface area contributed by atoms with Gasteiger partial charge in [0.2, 0.25) is 12.3 Å². The molecule has 0 aliphatic heterocycles. The molecule has 146 valence electrons. The second-order valence-corrected chi connectivity index (χ2v) is 5.40. The number of nitrogens with one attached hydrogen (secondary N) is 1. The van der Waals surface area contributed by atoms with E-state index in [1.807, 2.05) is 49.0 Å². The van der Waals surface area contributed by atoms with E-state index < -0.39 is 0 Å². The summed E-state index contributed by atoms with van der Waals surface area (Å²) in [7, 11) is 1.87. The molecule has 1 aromatic carbocycles. The number of carbonyl (C=O) groups excluding carboxylic acids is 1. The fourth-order valence-corrected chi connectivity index (χ4v) is 2.05. The summed E-state index contributed by atoms with van der Waals surface area (Å²) in [6.07, 6.45) is 3.07. The molecule has 1 aromatic heterocycles. The first-order chi connectivity index (χ1) is 12.6. The van der Waals surface area contributed by atoms with Crippen molar-refractivity contribution in [3.05, 3.63) is 35.9 Å². The van der Waals surface area contributed by atoms with Crippen LogP contribution < -0.4 is 15.8 Å². The fourth-order valence-electron chi connectivity index (χ4n) is 2.05. The second kappa shape index (κ2) is 14.8. The molecule has 0 saturated carbocycles. The Hall–Kier alpha value is -2.54. The summed E-state index contributed by atoms with van der Waals surface area (Å²) in [6.45, 7) is 7.00. The van der Waals surface area contributed by atoms with Crippen molar-refractivity contribution in [2.45, 2.75) is 40.0 Å². The predicted molar refractivity (Wildman–Crippen MR) is 106 cm³/mol. The molecule has 7 nitrogen and oxygen atoms in total. The number of benzene rings is 1. The van der Waals surface area contributed by atoms with Gasteiger partial charge >= 0.3 is 0 Å². The van der Waals surface area contributed by atoms with Crippen molar-refractivity contribution in [1.82, 2.24) is 9.78 Å². The van der Waals surface area contributed by atoms with Crippen molar-refractivity contribution >= 4 is 12.2 Å². The zero-order chi connectivity index (χ0) is 19.8. The highest BCUT2D eigenvalue weighted by atomic mass is 16.5. The number of hydrogen-bond donors (Lipinski definition) is 3. The molecule has 1 heterocycles. The minimum Gasteiger partial charge on any atom is -0.476 e. The number of amides is 1. The Morgan fingerprint density at radius 3 is 2.35 bits per heavy atom. The number of aliphatic hydroxyl groups excluding tert-OH is 1. The van der Waals surface area contributed by atoms with Gasteiger partial charge in [-0.3, -0.25) is 4.79 Å². The molecule has 7 heteroatoms. The molecular weight excluding hydrogens is 332 g/mol. The lowest BCUT2D eigenvalue weighted by Crippen LogP contribution is -2.03. The van der Waals surface area contributed by atoms with Gasteiger partial charge in [-0.2, -0.15) is 0 Å². The molecule has 26 heavy (non-hydrogen) atoms. The Morgan fingerprint density at radius 2 is 1.85 bits per heavy atom. The van der Waals surface area contributed by atoms with Crippen LogP contribution in [0.15, 0.2) is 30.3 Å². The largest absolute Gasteiger partial charge is 0.476 e. The van der Waals surface area contributed by atoms with Crippen LogP contribution >= 0.6 is 0 Å². The van der Waals surface area contributed by atoms with Crippen LogP contribution in [-0.4, -0.2) is 41.6 Å². The zero-order valence-corrected chi connectivity index (χ0v) is 16.2. The molecule has 0 bridgehead atoms. The molecule has 4 N–H and O–H groups in total. The Morgan fingerprint density at radius 1 is 1.27 bits per heavy atom. The van der Waals surface area contributed by atoms with Gasteiger partial charge in [0.05, 0.1) is 17.9 Å². The summed E-state index contributed by atoms with van der Waals surface area (Å²) in [5.74, 6) is 1.56. The smallest absolute Gasteiger partial charge is 0.238 e. The first-order valence-corrected chi connectivity index (χ1v) is 8.82. The maximum absolute atomic E-state index is 8.77. The highest BCUT2D eigenvalue weighted by Gasteiger charge is 2.15. The van der Waals surface area contributed by atoms with E-state index in [-0.39, 0.29) is 13.0 Å². The Kier molecular flexibility index (Phi) is 13.3. The number of aromatic nitrogens is 2. The maximum atomic E-state index is 8.77. The first-order valence-electron chi connectivity index (χ1n) is 8.82. The van der Waals surface area contributed by atoms with E-state index in [0.29, 0.717) is 12.5 Å². The molecule has 0 saturated heterocycles. The normalized spacial score (nSPS) is 9.27. The van der Waals surface area contributed by atoms with Crippen LogP contribution in [0, 0.1) is 6.92 Å². The number of anilines is 1. The van der Waals surface area contributed by atoms with E-state index >= 15 is 0 Å². The first kappa shape index (κ1) is 23.5. The molecule has 0 unspecified atom stereocenters. The number of aliphatic hydroxyl groups is 1. The van der Waals surface area contributed by atoms with Crippen molar-refractivity contribution in [1.29, 1.82) is 0 Å². The Labute approximate surface area is 156 Å². The summed E-state index contributed by atoms with van der Waals surface area (Å²) in [6, 6.07) is 9.94. The third-order valence-electron chi connectivity index (χ3n) is 3.11. The van der Waals surface area contributed by atoms with Crippen molar-refractivity contribution in [3.8, 4) is 11.6 Å². The minimum absolute atomic E-state index is 0.197. The van der Waals surface area contributed by atoms with Gasteiger partial charge < -0.3 is 20.9 Å². The van der Waals surface area contributed by atoms with Crippen molar-refractivity contribution in [2.24, 2.45) is 5.73 Å². The molecule has 0 aliphatic rings. The number of ether oxygens (including phenoxy) is 1. The number of rotatable bonds is 7. The van der Waals surface area contributed by atoms with E-state index in [4.69, 9.17) is 14.6 Å². The van der Waals surface area contributed by atoms with Crippen molar-refractivity contribution in [3.63, 3.8) is 0 Å². The third kappa shape index (κ3) is 8.02. The van der Waals surface area contributed by atoms with Gasteiger partial charge in [0.15, 0.2) is 0 Å². The minimum atomic E-state index is 0.197. The number of carbonyl (C=O) groups is 1. The van der Waals surface area contributed by atoms with E-state index in [2.05, 4.69) is 30.0 Å². The number of unbranched alkanes of at least 4 members (excludes halogenated alkanes) is 1. The number of nitrogens with two attached hydrogens (primary N) is 1. The summed E-state index contributed by atoms with van der Waals surface area (Å²) >= 11 is 0. The predicted octanol–water partition coefficient (Wildman–Crippen LogP) is 2.89. The average molecular weight is 364 g/mol. The topological polar surface area (TPSA) is 102 Å². The van der Waals surface area contributed by atoms with Gasteiger partial charge in [0, 0.05) is 13.7 Å². The number of primary amides is 1. The van der Waals surface area contributed by atoms with Gasteiger partial charge in [-0.15, -0.1) is 5.10 Å². The molecule has 0 aliphatic carbocycles. The molecule has 0 fully saturated rings. The summed E-state index contributed by atoms with van der Waals surface area (Å²) in [5.41, 5.74) is 6.14. The summed E-state index contributed by atoms with van der Waals surface area (Å²) in [5, 5.41) is 16.5. The fraction of sp³-hybridized carbons (Fsp3) is 0.474. The summed E-state index contributed by atoms with van der Waals surface area (Å²) < 4.78 is 7.54. The van der Waals surface area contributed by atoms with Gasteiger partial charge in [-0.25, -0.2) is 4.68 Å². The standard InChI is InChI=1S/C15H21N3O2.C3H8.CH3NO/c1-12-14(16-2)18(13-8-4-3-5-9-13)17-15(12)20-11-7-6-10-19;1-3-2;2-1-3/h3-5,8-9,16,19H,6-7,10-11H2,1-2H3;3H2,1-2H3;1H,(H2,2,3). The van der Waals surface area contributed by atoms with Crippen LogP contribution in [0.25, 0.3) is 5.69 Å². The van der Waals surface area contributed by atoms with Gasteiger partial charge in [0.25, 0.3) is 0 Å². The molecule has 2 aromatic rings.